The first kappa shape index (κ1) is 16.4. The van der Waals surface area contributed by atoms with Gasteiger partial charge in [0.15, 0.2) is 16.3 Å². The fourth-order valence-corrected chi connectivity index (χ4v) is 3.51. The first-order chi connectivity index (χ1) is 11.7. The summed E-state index contributed by atoms with van der Waals surface area (Å²) in [5.74, 6) is 0.938. The summed E-state index contributed by atoms with van der Waals surface area (Å²) in [4.78, 5) is 17.0. The van der Waals surface area contributed by atoms with E-state index < -0.39 is 5.91 Å². The van der Waals surface area contributed by atoms with E-state index in [1.54, 1.807) is 14.2 Å². The van der Waals surface area contributed by atoms with Crippen LogP contribution in [0.5, 0.6) is 11.5 Å². The highest BCUT2D eigenvalue weighted by atomic mass is 32.1. The van der Waals surface area contributed by atoms with Gasteiger partial charge >= 0.3 is 5.91 Å². The summed E-state index contributed by atoms with van der Waals surface area (Å²) in [6, 6.07) is 3.77. The van der Waals surface area contributed by atoms with E-state index in [9.17, 15) is 4.79 Å². The molecule has 0 unspecified atom stereocenters. The molecule has 1 aromatic carbocycles. The van der Waals surface area contributed by atoms with Crippen molar-refractivity contribution in [3.63, 3.8) is 0 Å². The molecule has 2 heterocycles. The predicted octanol–water partition coefficient (Wildman–Crippen LogP) is 2.06. The van der Waals surface area contributed by atoms with Gasteiger partial charge in [0.25, 0.3) is 0 Å². The minimum atomic E-state index is -0.456. The maximum atomic E-state index is 12.3. The lowest BCUT2D eigenvalue weighted by molar-refractivity contribution is -0.119. The summed E-state index contributed by atoms with van der Waals surface area (Å²) in [6.07, 6.45) is 1.31. The van der Waals surface area contributed by atoms with Crippen LogP contribution >= 0.6 is 11.3 Å². The van der Waals surface area contributed by atoms with E-state index in [1.165, 1.54) is 17.6 Å². The van der Waals surface area contributed by atoms with Crippen molar-refractivity contribution in [3.8, 4) is 11.5 Å². The van der Waals surface area contributed by atoms with E-state index in [1.807, 2.05) is 23.6 Å². The SMILES string of the molecule is CCn1c(=NC(=O)C2=COCCO2)sc2cc(OC)c(OC)cc21. The fraction of sp³-hybridized carbons (Fsp3) is 0.375. The van der Waals surface area contributed by atoms with Gasteiger partial charge in [-0.2, -0.15) is 4.99 Å². The number of aryl methyl sites for hydroxylation is 1. The molecule has 0 radical (unpaired) electrons. The van der Waals surface area contributed by atoms with Gasteiger partial charge < -0.3 is 23.5 Å². The number of nitrogens with zero attached hydrogens (tertiary/aromatic N) is 2. The highest BCUT2D eigenvalue weighted by Gasteiger charge is 2.16. The molecule has 128 valence electrons. The number of rotatable bonds is 4. The Bertz CT molecular complexity index is 865. The molecule has 1 aliphatic heterocycles. The first-order valence-electron chi connectivity index (χ1n) is 7.47. The highest BCUT2D eigenvalue weighted by molar-refractivity contribution is 7.16. The molecule has 0 saturated heterocycles. The van der Waals surface area contributed by atoms with Crippen LogP contribution in [0, 0.1) is 0 Å². The molecule has 0 spiro atoms. The maximum Gasteiger partial charge on any atom is 0.317 e. The quantitative estimate of drug-likeness (QED) is 0.844. The van der Waals surface area contributed by atoms with Crippen LogP contribution in [-0.2, 0) is 20.8 Å². The average molecular weight is 350 g/mol. The molecule has 0 bridgehead atoms. The number of fused-ring (bicyclic) bond motifs is 1. The molecule has 7 nitrogen and oxygen atoms in total. The third-order valence-corrected chi connectivity index (χ3v) is 4.60. The zero-order valence-corrected chi connectivity index (χ0v) is 14.5. The number of hydrogen-bond acceptors (Lipinski definition) is 6. The highest BCUT2D eigenvalue weighted by Crippen LogP contribution is 2.33. The smallest absolute Gasteiger partial charge is 0.317 e. The number of methoxy groups -OCH3 is 2. The minimum absolute atomic E-state index is 0.122. The molecule has 0 N–H and O–H groups in total. The monoisotopic (exact) mass is 350 g/mol. The van der Waals surface area contributed by atoms with Gasteiger partial charge in [-0.3, -0.25) is 4.79 Å². The summed E-state index contributed by atoms with van der Waals surface area (Å²) < 4.78 is 24.0. The molecule has 0 fully saturated rings. The number of aromatic nitrogens is 1. The molecular formula is C16H18N2O5S. The van der Waals surface area contributed by atoms with Crippen molar-refractivity contribution in [1.29, 1.82) is 0 Å². The van der Waals surface area contributed by atoms with Crippen LogP contribution in [0.1, 0.15) is 6.92 Å². The van der Waals surface area contributed by atoms with Crippen molar-refractivity contribution in [2.24, 2.45) is 4.99 Å². The van der Waals surface area contributed by atoms with Crippen LogP contribution in [0.2, 0.25) is 0 Å². The molecule has 1 aromatic heterocycles. The van der Waals surface area contributed by atoms with Gasteiger partial charge in [-0.25, -0.2) is 0 Å². The van der Waals surface area contributed by atoms with E-state index in [0.717, 1.165) is 10.2 Å². The van der Waals surface area contributed by atoms with Gasteiger partial charge in [0.2, 0.25) is 5.76 Å². The van der Waals surface area contributed by atoms with E-state index >= 15 is 0 Å². The number of thiazole rings is 1. The third-order valence-electron chi connectivity index (χ3n) is 3.56. The lowest BCUT2D eigenvalue weighted by Gasteiger charge is -2.12. The van der Waals surface area contributed by atoms with Crippen LogP contribution in [0.25, 0.3) is 10.2 Å². The standard InChI is InChI=1S/C16H18N2O5S/c1-4-18-10-7-11(20-2)12(21-3)8-14(10)24-16(18)17-15(19)13-9-22-5-6-23-13/h7-9H,4-6H2,1-3H3. The van der Waals surface area contributed by atoms with E-state index in [4.69, 9.17) is 18.9 Å². The van der Waals surface area contributed by atoms with Crippen molar-refractivity contribution < 1.29 is 23.7 Å². The first-order valence-corrected chi connectivity index (χ1v) is 8.28. The summed E-state index contributed by atoms with van der Waals surface area (Å²) in [5, 5.41) is 0. The fourth-order valence-electron chi connectivity index (χ4n) is 2.41. The molecule has 2 aromatic rings. The molecule has 8 heteroatoms. The Hall–Kier alpha value is -2.48. The number of amides is 1. The van der Waals surface area contributed by atoms with Crippen molar-refractivity contribution in [3.05, 3.63) is 29.0 Å². The second-order valence-electron chi connectivity index (χ2n) is 4.92. The zero-order valence-electron chi connectivity index (χ0n) is 13.7. The van der Waals surface area contributed by atoms with Gasteiger partial charge in [0.1, 0.15) is 19.5 Å². The van der Waals surface area contributed by atoms with E-state index in [-0.39, 0.29) is 5.76 Å². The molecule has 0 atom stereocenters. The molecule has 1 aliphatic rings. The second-order valence-corrected chi connectivity index (χ2v) is 5.93. The van der Waals surface area contributed by atoms with Crippen LogP contribution in [0.3, 0.4) is 0 Å². The van der Waals surface area contributed by atoms with Gasteiger partial charge in [0.05, 0.1) is 24.4 Å². The van der Waals surface area contributed by atoms with Crippen molar-refractivity contribution in [2.45, 2.75) is 13.5 Å². The van der Waals surface area contributed by atoms with Gasteiger partial charge in [-0.1, -0.05) is 11.3 Å². The van der Waals surface area contributed by atoms with Crippen molar-refractivity contribution in [1.82, 2.24) is 4.57 Å². The molecule has 0 aliphatic carbocycles. The van der Waals surface area contributed by atoms with Crippen molar-refractivity contribution in [2.75, 3.05) is 27.4 Å². The number of carbonyl (C=O) groups excluding carboxylic acids is 1. The van der Waals surface area contributed by atoms with Crippen molar-refractivity contribution >= 4 is 27.5 Å². The minimum Gasteiger partial charge on any atom is -0.494 e. The molecular weight excluding hydrogens is 332 g/mol. The van der Waals surface area contributed by atoms with Crippen LogP contribution in [0.15, 0.2) is 29.1 Å². The normalized spacial score (nSPS) is 14.8. The summed E-state index contributed by atoms with van der Waals surface area (Å²) in [7, 11) is 3.18. The van der Waals surface area contributed by atoms with Crippen LogP contribution in [0.4, 0.5) is 0 Å². The lowest BCUT2D eigenvalue weighted by Crippen LogP contribution is -2.19. The Morgan fingerprint density at radius 1 is 1.29 bits per heavy atom. The topological polar surface area (TPSA) is 71.3 Å². The van der Waals surface area contributed by atoms with Gasteiger partial charge in [0, 0.05) is 18.7 Å². The molecule has 0 saturated carbocycles. The number of ether oxygens (including phenoxy) is 4. The molecule has 24 heavy (non-hydrogen) atoms. The second kappa shape index (κ2) is 6.96. The summed E-state index contributed by atoms with van der Waals surface area (Å²) in [5.41, 5.74) is 0.932. The molecule has 3 rings (SSSR count). The maximum absolute atomic E-state index is 12.3. The van der Waals surface area contributed by atoms with Gasteiger partial charge in [-0.05, 0) is 6.92 Å². The largest absolute Gasteiger partial charge is 0.494 e. The number of hydrogen-bond donors (Lipinski definition) is 0. The Morgan fingerprint density at radius 2 is 2.04 bits per heavy atom. The summed E-state index contributed by atoms with van der Waals surface area (Å²) >= 11 is 1.41. The Morgan fingerprint density at radius 3 is 2.67 bits per heavy atom. The average Bonchev–Trinajstić information content (AvgIpc) is 2.96. The Kier molecular flexibility index (Phi) is 4.75. The number of benzene rings is 1. The Labute approximate surface area is 142 Å². The molecule has 1 amide bonds. The van der Waals surface area contributed by atoms with E-state index in [0.29, 0.717) is 36.1 Å². The predicted molar refractivity (Wildman–Crippen MR) is 89.2 cm³/mol. The summed E-state index contributed by atoms with van der Waals surface area (Å²) in [6.45, 7) is 3.44. The van der Waals surface area contributed by atoms with E-state index in [2.05, 4.69) is 4.99 Å². The Balaban J connectivity index is 2.12. The lowest BCUT2D eigenvalue weighted by atomic mass is 10.3. The van der Waals surface area contributed by atoms with Crippen LogP contribution < -0.4 is 14.3 Å². The zero-order chi connectivity index (χ0) is 17.1. The number of carbonyl (C=O) groups is 1. The third kappa shape index (κ3) is 2.96. The van der Waals surface area contributed by atoms with Crippen LogP contribution in [-0.4, -0.2) is 37.9 Å². The van der Waals surface area contributed by atoms with Gasteiger partial charge in [-0.15, -0.1) is 0 Å².